The molecule has 3 aromatic heterocycles. The Morgan fingerprint density at radius 3 is 2.42 bits per heavy atom. The molecule has 5 rings (SSSR count). The zero-order valence-corrected chi connectivity index (χ0v) is 18.9. The number of aryl methyl sites for hydroxylation is 3. The average Bonchev–Trinajstić information content (AvgIpc) is 2.73. The molecule has 0 amide bonds. The zero-order chi connectivity index (χ0) is 23.3. The summed E-state index contributed by atoms with van der Waals surface area (Å²) < 4.78 is 45.5. The number of alkyl halides is 3. The predicted molar refractivity (Wildman–Crippen MR) is 116 cm³/mol. The van der Waals surface area contributed by atoms with E-state index in [1.807, 2.05) is 32.9 Å². The molecule has 4 heterocycles. The highest BCUT2D eigenvalue weighted by atomic mass is 19.4. The van der Waals surface area contributed by atoms with Crippen molar-refractivity contribution in [3.63, 3.8) is 0 Å². The Morgan fingerprint density at radius 1 is 0.939 bits per heavy atom. The van der Waals surface area contributed by atoms with Crippen LogP contribution in [0.2, 0.25) is 0 Å². The van der Waals surface area contributed by atoms with Gasteiger partial charge in [0.25, 0.3) is 0 Å². The summed E-state index contributed by atoms with van der Waals surface area (Å²) in [7, 11) is 0. The number of hydrogen-bond acceptors (Lipinski definition) is 6. The summed E-state index contributed by atoms with van der Waals surface area (Å²) >= 11 is 0. The third kappa shape index (κ3) is 4.30. The molecule has 1 saturated heterocycles. The Morgan fingerprint density at radius 2 is 1.70 bits per heavy atom. The van der Waals surface area contributed by atoms with E-state index in [-0.39, 0.29) is 30.8 Å². The van der Waals surface area contributed by atoms with Gasteiger partial charge in [-0.25, -0.2) is 19.9 Å². The van der Waals surface area contributed by atoms with Crippen LogP contribution in [0, 0.1) is 26.7 Å². The third-order valence-electron chi connectivity index (χ3n) is 6.92. The van der Waals surface area contributed by atoms with Crippen LogP contribution in [0.15, 0.2) is 18.3 Å². The number of pyridine rings is 1. The third-order valence-corrected chi connectivity index (χ3v) is 6.92. The summed E-state index contributed by atoms with van der Waals surface area (Å²) in [6, 6.07) is 3.97. The molecule has 0 unspecified atom stereocenters. The van der Waals surface area contributed by atoms with Crippen molar-refractivity contribution in [3.05, 3.63) is 52.5 Å². The first-order chi connectivity index (χ1) is 15.7. The topological polar surface area (TPSA) is 73.7 Å². The van der Waals surface area contributed by atoms with Crippen LogP contribution in [0.1, 0.15) is 77.8 Å². The molecule has 2 aliphatic rings. The molecule has 2 atom stereocenters. The molecule has 0 spiro atoms. The SMILES string of the molecule is Cc1cc([C@@H]2C[C@@H](c3nc4nc(C)c(C)nc4c([C@H]4C[C@@H](C(F)(F)F)C4)n3)CCO2)ccn1. The molecule has 1 aliphatic carbocycles. The first-order valence-corrected chi connectivity index (χ1v) is 11.3. The van der Waals surface area contributed by atoms with E-state index in [0.29, 0.717) is 35.7 Å². The second-order valence-electron chi connectivity index (χ2n) is 9.25. The number of fused-ring (bicyclic) bond motifs is 1. The molecular formula is C24H26F3N5O. The van der Waals surface area contributed by atoms with Gasteiger partial charge in [-0.05, 0) is 64.2 Å². The second-order valence-corrected chi connectivity index (χ2v) is 9.25. The molecule has 0 radical (unpaired) electrons. The molecule has 33 heavy (non-hydrogen) atoms. The minimum absolute atomic E-state index is 0.0299. The van der Waals surface area contributed by atoms with Gasteiger partial charge in [0, 0.05) is 30.3 Å². The van der Waals surface area contributed by atoms with Crippen molar-refractivity contribution in [1.29, 1.82) is 0 Å². The summed E-state index contributed by atoms with van der Waals surface area (Å²) in [5.74, 6) is -0.902. The van der Waals surface area contributed by atoms with E-state index in [2.05, 4.69) is 15.0 Å². The first kappa shape index (κ1) is 22.1. The van der Waals surface area contributed by atoms with Crippen molar-refractivity contribution >= 4 is 11.2 Å². The quantitative estimate of drug-likeness (QED) is 0.522. The molecule has 174 valence electrons. The van der Waals surface area contributed by atoms with Gasteiger partial charge in [0.1, 0.15) is 11.3 Å². The van der Waals surface area contributed by atoms with Gasteiger partial charge in [-0.2, -0.15) is 13.2 Å². The van der Waals surface area contributed by atoms with Gasteiger partial charge in [0.2, 0.25) is 0 Å². The largest absolute Gasteiger partial charge is 0.391 e. The summed E-state index contributed by atoms with van der Waals surface area (Å²) in [5.41, 5.74) is 5.09. The fraction of sp³-hybridized carbons (Fsp3) is 0.542. The number of aromatic nitrogens is 5. The molecule has 9 heteroatoms. The van der Waals surface area contributed by atoms with E-state index < -0.39 is 12.1 Å². The number of nitrogens with zero attached hydrogens (tertiary/aromatic N) is 5. The average molecular weight is 458 g/mol. The summed E-state index contributed by atoms with van der Waals surface area (Å²) in [6.07, 6.45) is -0.972. The second kappa shape index (κ2) is 8.27. The van der Waals surface area contributed by atoms with Gasteiger partial charge < -0.3 is 4.74 Å². The van der Waals surface area contributed by atoms with Crippen LogP contribution in [0.4, 0.5) is 13.2 Å². The maximum absolute atomic E-state index is 13.1. The standard InChI is InChI=1S/C24H26F3N5O/c1-12-8-15(4-6-28-12)19-11-16(5-7-33-19)22-31-20(17-9-18(10-17)24(25,26)27)21-23(32-22)30-14(3)13(2)29-21/h4,6,8,16-19H,5,7,9-11H2,1-3H3/t16-,17-,18+,19-/m0/s1. The minimum atomic E-state index is -4.17. The van der Waals surface area contributed by atoms with E-state index in [4.69, 9.17) is 14.7 Å². The summed E-state index contributed by atoms with van der Waals surface area (Å²) in [6.45, 7) is 6.21. The zero-order valence-electron chi connectivity index (χ0n) is 18.9. The molecule has 2 fully saturated rings. The molecule has 0 aromatic carbocycles. The van der Waals surface area contributed by atoms with Gasteiger partial charge in [-0.15, -0.1) is 0 Å². The van der Waals surface area contributed by atoms with Crippen molar-refractivity contribution in [3.8, 4) is 0 Å². The molecule has 1 saturated carbocycles. The number of hydrogen-bond donors (Lipinski definition) is 0. The Hall–Kier alpha value is -2.68. The van der Waals surface area contributed by atoms with Crippen molar-refractivity contribution < 1.29 is 17.9 Å². The van der Waals surface area contributed by atoms with Crippen molar-refractivity contribution in [1.82, 2.24) is 24.9 Å². The number of ether oxygens (including phenoxy) is 1. The molecule has 1 aliphatic heterocycles. The number of rotatable bonds is 3. The highest BCUT2D eigenvalue weighted by Gasteiger charge is 2.49. The van der Waals surface area contributed by atoms with Crippen molar-refractivity contribution in [2.45, 2.75) is 70.6 Å². The summed E-state index contributed by atoms with van der Waals surface area (Å²) in [4.78, 5) is 23.1. The van der Waals surface area contributed by atoms with Crippen LogP contribution in [0.25, 0.3) is 11.2 Å². The fourth-order valence-electron chi connectivity index (χ4n) is 4.76. The monoisotopic (exact) mass is 457 g/mol. The van der Waals surface area contributed by atoms with Crippen LogP contribution < -0.4 is 0 Å². The minimum Gasteiger partial charge on any atom is -0.373 e. The normalized spacial score (nSPS) is 25.8. The van der Waals surface area contributed by atoms with Crippen molar-refractivity contribution in [2.75, 3.05) is 6.61 Å². The van der Waals surface area contributed by atoms with E-state index in [1.165, 1.54) is 0 Å². The van der Waals surface area contributed by atoms with Crippen molar-refractivity contribution in [2.24, 2.45) is 5.92 Å². The predicted octanol–water partition coefficient (Wildman–Crippen LogP) is 5.43. The van der Waals surface area contributed by atoms with Crippen LogP contribution in [-0.4, -0.2) is 37.7 Å². The molecule has 6 nitrogen and oxygen atoms in total. The molecule has 3 aromatic rings. The molecular weight excluding hydrogens is 431 g/mol. The Balaban J connectivity index is 1.50. The molecule has 0 N–H and O–H groups in total. The highest BCUT2D eigenvalue weighted by Crippen LogP contribution is 2.50. The highest BCUT2D eigenvalue weighted by molar-refractivity contribution is 5.73. The lowest BCUT2D eigenvalue weighted by atomic mass is 9.72. The van der Waals surface area contributed by atoms with Gasteiger partial charge in [0.05, 0.1) is 29.1 Å². The van der Waals surface area contributed by atoms with E-state index in [0.717, 1.165) is 29.1 Å². The maximum atomic E-state index is 13.1. The molecule has 0 bridgehead atoms. The van der Waals surface area contributed by atoms with E-state index in [9.17, 15) is 13.2 Å². The Kier molecular flexibility index (Phi) is 5.55. The smallest absolute Gasteiger partial charge is 0.373 e. The Bertz CT molecular complexity index is 1190. The maximum Gasteiger partial charge on any atom is 0.391 e. The fourth-order valence-corrected chi connectivity index (χ4v) is 4.76. The van der Waals surface area contributed by atoms with Gasteiger partial charge in [-0.3, -0.25) is 4.98 Å². The lowest BCUT2D eigenvalue weighted by Gasteiger charge is -2.36. The van der Waals surface area contributed by atoms with Crippen LogP contribution in [-0.2, 0) is 4.74 Å². The lowest BCUT2D eigenvalue weighted by Crippen LogP contribution is -2.35. The van der Waals surface area contributed by atoms with Gasteiger partial charge in [0.15, 0.2) is 5.65 Å². The van der Waals surface area contributed by atoms with E-state index >= 15 is 0 Å². The van der Waals surface area contributed by atoms with Crippen LogP contribution >= 0.6 is 0 Å². The van der Waals surface area contributed by atoms with Gasteiger partial charge >= 0.3 is 6.18 Å². The lowest BCUT2D eigenvalue weighted by molar-refractivity contribution is -0.197. The summed E-state index contributed by atoms with van der Waals surface area (Å²) in [5, 5.41) is 0. The van der Waals surface area contributed by atoms with Gasteiger partial charge in [-0.1, -0.05) is 0 Å². The Labute approximate surface area is 190 Å². The number of halogens is 3. The first-order valence-electron chi connectivity index (χ1n) is 11.3. The van der Waals surface area contributed by atoms with Crippen LogP contribution in [0.3, 0.4) is 0 Å². The van der Waals surface area contributed by atoms with Crippen LogP contribution in [0.5, 0.6) is 0 Å². The van der Waals surface area contributed by atoms with E-state index in [1.54, 1.807) is 6.20 Å².